The SMILES string of the molecule is Cc1cccc(C(NN)C2CCCC2)c1Cl. The van der Waals surface area contributed by atoms with Gasteiger partial charge in [-0.3, -0.25) is 11.3 Å². The molecular formula is C13H19ClN2. The summed E-state index contributed by atoms with van der Waals surface area (Å²) in [6.07, 6.45) is 5.12. The second-order valence-electron chi connectivity index (χ2n) is 4.67. The largest absolute Gasteiger partial charge is 0.271 e. The number of nitrogens with two attached hydrogens (primary N) is 1. The lowest BCUT2D eigenvalue weighted by atomic mass is 9.91. The molecule has 0 amide bonds. The van der Waals surface area contributed by atoms with Crippen molar-refractivity contribution in [1.29, 1.82) is 0 Å². The van der Waals surface area contributed by atoms with Gasteiger partial charge in [0, 0.05) is 5.02 Å². The van der Waals surface area contributed by atoms with Crippen LogP contribution in [0.4, 0.5) is 0 Å². The molecule has 0 spiro atoms. The minimum Gasteiger partial charge on any atom is -0.271 e. The summed E-state index contributed by atoms with van der Waals surface area (Å²) in [6, 6.07) is 6.37. The molecule has 0 heterocycles. The van der Waals surface area contributed by atoms with Crippen molar-refractivity contribution in [3.8, 4) is 0 Å². The van der Waals surface area contributed by atoms with Crippen molar-refractivity contribution in [3.05, 3.63) is 34.3 Å². The third-order valence-electron chi connectivity index (χ3n) is 3.61. The standard InChI is InChI=1S/C13H19ClN2/c1-9-5-4-8-11(12(9)14)13(16-15)10-6-2-3-7-10/h4-5,8,10,13,16H,2-3,6-7,15H2,1H3. The van der Waals surface area contributed by atoms with E-state index in [1.165, 1.54) is 25.7 Å². The van der Waals surface area contributed by atoms with Crippen LogP contribution in [0.15, 0.2) is 18.2 Å². The van der Waals surface area contributed by atoms with Gasteiger partial charge in [0.2, 0.25) is 0 Å². The van der Waals surface area contributed by atoms with Crippen LogP contribution in [-0.2, 0) is 0 Å². The molecule has 2 rings (SSSR count). The Morgan fingerprint density at radius 3 is 2.69 bits per heavy atom. The Morgan fingerprint density at radius 1 is 1.38 bits per heavy atom. The van der Waals surface area contributed by atoms with Gasteiger partial charge in [0.15, 0.2) is 0 Å². The van der Waals surface area contributed by atoms with E-state index in [1.54, 1.807) is 0 Å². The van der Waals surface area contributed by atoms with E-state index in [-0.39, 0.29) is 6.04 Å². The fourth-order valence-corrected chi connectivity index (χ4v) is 2.92. The highest BCUT2D eigenvalue weighted by atomic mass is 35.5. The van der Waals surface area contributed by atoms with Crippen LogP contribution in [0, 0.1) is 12.8 Å². The van der Waals surface area contributed by atoms with E-state index in [0.717, 1.165) is 16.1 Å². The average molecular weight is 239 g/mol. The van der Waals surface area contributed by atoms with Gasteiger partial charge in [-0.25, -0.2) is 0 Å². The lowest BCUT2D eigenvalue weighted by Gasteiger charge is -2.24. The van der Waals surface area contributed by atoms with Crippen molar-refractivity contribution < 1.29 is 0 Å². The summed E-state index contributed by atoms with van der Waals surface area (Å²) >= 11 is 6.35. The van der Waals surface area contributed by atoms with Crippen molar-refractivity contribution in [2.24, 2.45) is 11.8 Å². The van der Waals surface area contributed by atoms with Crippen LogP contribution in [0.2, 0.25) is 5.02 Å². The van der Waals surface area contributed by atoms with Gasteiger partial charge in [-0.15, -0.1) is 0 Å². The number of rotatable bonds is 3. The number of hydrogen-bond acceptors (Lipinski definition) is 2. The second kappa shape index (κ2) is 5.17. The fourth-order valence-electron chi connectivity index (χ4n) is 2.68. The summed E-state index contributed by atoms with van der Waals surface area (Å²) in [5.41, 5.74) is 5.22. The normalized spacial score (nSPS) is 18.9. The Bertz CT molecular complexity index is 359. The molecule has 1 unspecified atom stereocenters. The van der Waals surface area contributed by atoms with E-state index >= 15 is 0 Å². The van der Waals surface area contributed by atoms with E-state index in [2.05, 4.69) is 17.6 Å². The minimum atomic E-state index is 0.204. The Labute approximate surface area is 102 Å². The van der Waals surface area contributed by atoms with Crippen LogP contribution in [0.1, 0.15) is 42.9 Å². The van der Waals surface area contributed by atoms with Gasteiger partial charge < -0.3 is 0 Å². The number of hydrazine groups is 1. The Hall–Kier alpha value is -0.570. The van der Waals surface area contributed by atoms with E-state index in [1.807, 2.05) is 13.0 Å². The topological polar surface area (TPSA) is 38.0 Å². The fraction of sp³-hybridized carbons (Fsp3) is 0.538. The molecule has 3 N–H and O–H groups in total. The van der Waals surface area contributed by atoms with Crippen LogP contribution in [0.3, 0.4) is 0 Å². The Balaban J connectivity index is 2.28. The molecule has 1 aromatic carbocycles. The smallest absolute Gasteiger partial charge is 0.0502 e. The molecule has 1 saturated carbocycles. The molecule has 0 bridgehead atoms. The third-order valence-corrected chi connectivity index (χ3v) is 4.12. The molecular weight excluding hydrogens is 220 g/mol. The van der Waals surface area contributed by atoms with E-state index in [0.29, 0.717) is 5.92 Å². The molecule has 1 aliphatic rings. The molecule has 1 aliphatic carbocycles. The molecule has 0 aromatic heterocycles. The molecule has 16 heavy (non-hydrogen) atoms. The maximum Gasteiger partial charge on any atom is 0.0502 e. The number of halogens is 1. The highest BCUT2D eigenvalue weighted by Gasteiger charge is 2.27. The monoisotopic (exact) mass is 238 g/mol. The number of benzene rings is 1. The highest BCUT2D eigenvalue weighted by molar-refractivity contribution is 6.32. The van der Waals surface area contributed by atoms with E-state index in [9.17, 15) is 0 Å². The minimum absolute atomic E-state index is 0.204. The summed E-state index contributed by atoms with van der Waals surface area (Å²) in [5, 5.41) is 0.859. The molecule has 88 valence electrons. The summed E-state index contributed by atoms with van der Waals surface area (Å²) in [4.78, 5) is 0. The Kier molecular flexibility index (Phi) is 3.85. The van der Waals surface area contributed by atoms with Gasteiger partial charge in [-0.1, -0.05) is 42.6 Å². The van der Waals surface area contributed by atoms with Crippen molar-refractivity contribution >= 4 is 11.6 Å². The van der Waals surface area contributed by atoms with Gasteiger partial charge in [0.1, 0.15) is 0 Å². The first kappa shape index (κ1) is 11.9. The lowest BCUT2D eigenvalue weighted by molar-refractivity contribution is 0.373. The number of hydrogen-bond donors (Lipinski definition) is 2. The van der Waals surface area contributed by atoms with Crippen LogP contribution >= 0.6 is 11.6 Å². The predicted molar refractivity (Wildman–Crippen MR) is 68.2 cm³/mol. The lowest BCUT2D eigenvalue weighted by Crippen LogP contribution is -2.33. The maximum atomic E-state index is 6.35. The summed E-state index contributed by atoms with van der Waals surface area (Å²) in [5.74, 6) is 6.32. The second-order valence-corrected chi connectivity index (χ2v) is 5.04. The first-order valence-corrected chi connectivity index (χ1v) is 6.33. The first-order chi connectivity index (χ1) is 7.74. The quantitative estimate of drug-likeness (QED) is 0.626. The highest BCUT2D eigenvalue weighted by Crippen LogP contribution is 2.38. The number of aryl methyl sites for hydroxylation is 1. The average Bonchev–Trinajstić information content (AvgIpc) is 2.79. The van der Waals surface area contributed by atoms with Gasteiger partial charge in [0.25, 0.3) is 0 Å². The summed E-state index contributed by atoms with van der Waals surface area (Å²) in [6.45, 7) is 2.04. The molecule has 1 atom stereocenters. The zero-order valence-corrected chi connectivity index (χ0v) is 10.4. The molecule has 0 radical (unpaired) electrons. The van der Waals surface area contributed by atoms with Crippen LogP contribution in [-0.4, -0.2) is 0 Å². The summed E-state index contributed by atoms with van der Waals surface area (Å²) < 4.78 is 0. The van der Waals surface area contributed by atoms with E-state index in [4.69, 9.17) is 17.4 Å². The van der Waals surface area contributed by atoms with E-state index < -0.39 is 0 Å². The predicted octanol–water partition coefficient (Wildman–Crippen LogP) is 3.34. The molecule has 0 saturated heterocycles. The van der Waals surface area contributed by atoms with Gasteiger partial charge >= 0.3 is 0 Å². The maximum absolute atomic E-state index is 6.35. The van der Waals surface area contributed by atoms with Crippen molar-refractivity contribution in [1.82, 2.24) is 5.43 Å². The molecule has 1 aromatic rings. The third kappa shape index (κ3) is 2.24. The summed E-state index contributed by atoms with van der Waals surface area (Å²) in [7, 11) is 0. The zero-order valence-electron chi connectivity index (χ0n) is 9.67. The van der Waals surface area contributed by atoms with Crippen LogP contribution < -0.4 is 11.3 Å². The van der Waals surface area contributed by atoms with Crippen molar-refractivity contribution in [3.63, 3.8) is 0 Å². The van der Waals surface area contributed by atoms with Crippen molar-refractivity contribution in [2.45, 2.75) is 38.6 Å². The van der Waals surface area contributed by atoms with Crippen LogP contribution in [0.25, 0.3) is 0 Å². The molecule has 1 fully saturated rings. The van der Waals surface area contributed by atoms with Gasteiger partial charge in [0.05, 0.1) is 6.04 Å². The Morgan fingerprint density at radius 2 is 2.06 bits per heavy atom. The molecule has 3 heteroatoms. The molecule has 0 aliphatic heterocycles. The zero-order chi connectivity index (χ0) is 11.5. The molecule has 2 nitrogen and oxygen atoms in total. The number of nitrogens with one attached hydrogen (secondary N) is 1. The van der Waals surface area contributed by atoms with Crippen molar-refractivity contribution in [2.75, 3.05) is 0 Å². The first-order valence-electron chi connectivity index (χ1n) is 5.95. The van der Waals surface area contributed by atoms with Gasteiger partial charge in [-0.05, 0) is 36.8 Å². The van der Waals surface area contributed by atoms with Gasteiger partial charge in [-0.2, -0.15) is 0 Å². The van der Waals surface area contributed by atoms with Crippen LogP contribution in [0.5, 0.6) is 0 Å².